The summed E-state index contributed by atoms with van der Waals surface area (Å²) in [4.78, 5) is 4.70. The topological polar surface area (TPSA) is 24.9 Å². The molecule has 1 heterocycles. The third-order valence-electron chi connectivity index (χ3n) is 4.38. The molecule has 6 heteroatoms. The number of rotatable bonds is 7. The Kier molecular flexibility index (Phi) is 6.77. The predicted molar refractivity (Wildman–Crippen MR) is 112 cm³/mol. The lowest BCUT2D eigenvalue weighted by molar-refractivity contribution is 0.209. The lowest BCUT2D eigenvalue weighted by Gasteiger charge is -2.36. The van der Waals surface area contributed by atoms with Gasteiger partial charge in [0.05, 0.1) is 26.8 Å². The van der Waals surface area contributed by atoms with Gasteiger partial charge < -0.3 is 14.4 Å². The molecule has 2 aromatic rings. The molecule has 138 valence electrons. The van der Waals surface area contributed by atoms with Crippen LogP contribution in [-0.4, -0.2) is 47.4 Å². The molecule has 1 saturated heterocycles. The quantitative estimate of drug-likeness (QED) is 0.665. The maximum absolute atomic E-state index is 5.55. The number of hydrogen-bond acceptors (Lipinski definition) is 5. The van der Waals surface area contributed by atoms with Gasteiger partial charge >= 0.3 is 0 Å². The summed E-state index contributed by atoms with van der Waals surface area (Å²) < 4.78 is 11.7. The summed E-state index contributed by atoms with van der Waals surface area (Å²) in [6.45, 7) is 2.71. The Hall–Kier alpha value is -1.76. The molecule has 2 aromatic carbocycles. The van der Waals surface area contributed by atoms with Gasteiger partial charge in [0, 0.05) is 13.1 Å². The highest BCUT2D eigenvalue weighted by Crippen LogP contribution is 2.28. The summed E-state index contributed by atoms with van der Waals surface area (Å²) in [7, 11) is 3.33. The molecule has 26 heavy (non-hydrogen) atoms. The molecule has 0 unspecified atom stereocenters. The first-order valence-electron chi connectivity index (χ1n) is 8.58. The van der Waals surface area contributed by atoms with Crippen LogP contribution in [-0.2, 0) is 13.0 Å². The second kappa shape index (κ2) is 9.26. The third kappa shape index (κ3) is 4.90. The fourth-order valence-electron chi connectivity index (χ4n) is 2.95. The van der Waals surface area contributed by atoms with Crippen LogP contribution in [0.15, 0.2) is 48.5 Å². The smallest absolute Gasteiger partial charge is 0.160 e. The van der Waals surface area contributed by atoms with Crippen molar-refractivity contribution < 1.29 is 9.47 Å². The molecule has 1 fully saturated rings. The minimum atomic E-state index is 0.768. The Balaban J connectivity index is 1.57. The van der Waals surface area contributed by atoms with Gasteiger partial charge in [0.2, 0.25) is 0 Å². The average Bonchev–Trinajstić information content (AvgIpc) is 2.69. The Morgan fingerprint density at radius 3 is 2.50 bits per heavy atom. The number of thiocarbonyl (C=S) groups is 1. The van der Waals surface area contributed by atoms with E-state index in [4.69, 9.17) is 21.7 Å². The van der Waals surface area contributed by atoms with E-state index in [2.05, 4.69) is 46.2 Å². The molecule has 0 saturated carbocycles. The van der Waals surface area contributed by atoms with Crippen LogP contribution in [0.2, 0.25) is 0 Å². The van der Waals surface area contributed by atoms with Gasteiger partial charge in [0.1, 0.15) is 4.32 Å². The fourth-order valence-corrected chi connectivity index (χ4v) is 4.04. The molecule has 0 amide bonds. The number of ether oxygens (including phenoxy) is 2. The van der Waals surface area contributed by atoms with Crippen LogP contribution >= 0.6 is 24.0 Å². The number of benzene rings is 2. The van der Waals surface area contributed by atoms with E-state index in [1.165, 1.54) is 11.1 Å². The molecule has 0 N–H and O–H groups in total. The van der Waals surface area contributed by atoms with Crippen LogP contribution in [0.4, 0.5) is 0 Å². The van der Waals surface area contributed by atoms with Gasteiger partial charge in [0.15, 0.2) is 11.5 Å². The lowest BCUT2D eigenvalue weighted by Crippen LogP contribution is -2.44. The van der Waals surface area contributed by atoms with Crippen molar-refractivity contribution in [3.8, 4) is 11.5 Å². The van der Waals surface area contributed by atoms with Crippen molar-refractivity contribution in [2.75, 3.05) is 33.3 Å². The Morgan fingerprint density at radius 2 is 1.77 bits per heavy atom. The summed E-state index contributed by atoms with van der Waals surface area (Å²) >= 11 is 7.29. The molecule has 0 atom stereocenters. The Morgan fingerprint density at radius 1 is 1.00 bits per heavy atom. The molecule has 0 bridgehead atoms. The third-order valence-corrected chi connectivity index (χ3v) is 5.99. The standard InChI is InChI=1S/C20H24N2O2S2/c1-23-18-9-8-16(12-19(18)24-2)10-11-21-14-22(20(25)26-15-21)13-17-6-4-3-5-7-17/h3-9,12H,10-11,13-15H2,1-2H3. The number of methoxy groups -OCH3 is 2. The summed E-state index contributed by atoms with van der Waals surface area (Å²) in [5.74, 6) is 2.49. The van der Waals surface area contributed by atoms with Gasteiger partial charge in [-0.3, -0.25) is 4.90 Å². The van der Waals surface area contributed by atoms with Gasteiger partial charge in [0.25, 0.3) is 0 Å². The van der Waals surface area contributed by atoms with Crippen LogP contribution in [0.25, 0.3) is 0 Å². The molecule has 3 rings (SSSR count). The van der Waals surface area contributed by atoms with Crippen LogP contribution in [0.3, 0.4) is 0 Å². The fraction of sp³-hybridized carbons (Fsp3) is 0.350. The zero-order chi connectivity index (χ0) is 18.4. The first kappa shape index (κ1) is 19.0. The van der Waals surface area contributed by atoms with Gasteiger partial charge in [-0.15, -0.1) is 0 Å². The van der Waals surface area contributed by atoms with E-state index in [1.54, 1.807) is 26.0 Å². The van der Waals surface area contributed by atoms with E-state index in [9.17, 15) is 0 Å². The maximum atomic E-state index is 5.55. The molecule has 0 aromatic heterocycles. The van der Waals surface area contributed by atoms with Crippen LogP contribution in [0.1, 0.15) is 11.1 Å². The average molecular weight is 389 g/mol. The predicted octanol–water partition coefficient (Wildman–Crippen LogP) is 4.00. The van der Waals surface area contributed by atoms with Gasteiger partial charge in [-0.1, -0.05) is 60.4 Å². The monoisotopic (exact) mass is 388 g/mol. The van der Waals surface area contributed by atoms with Crippen LogP contribution < -0.4 is 9.47 Å². The molecule has 0 radical (unpaired) electrons. The van der Waals surface area contributed by atoms with E-state index < -0.39 is 0 Å². The van der Waals surface area contributed by atoms with Crippen LogP contribution in [0.5, 0.6) is 11.5 Å². The molecule has 0 aliphatic carbocycles. The first-order chi connectivity index (χ1) is 12.7. The van der Waals surface area contributed by atoms with Gasteiger partial charge in [-0.05, 0) is 29.7 Å². The Bertz CT molecular complexity index is 740. The summed E-state index contributed by atoms with van der Waals surface area (Å²) in [5, 5.41) is 0. The largest absolute Gasteiger partial charge is 0.493 e. The minimum Gasteiger partial charge on any atom is -0.493 e. The lowest BCUT2D eigenvalue weighted by atomic mass is 10.1. The number of nitrogens with zero attached hydrogens (tertiary/aromatic N) is 2. The SMILES string of the molecule is COc1ccc(CCN2CSC(=S)N(Cc3ccccc3)C2)cc1OC. The van der Waals surface area contributed by atoms with Crippen molar-refractivity contribution in [1.82, 2.24) is 9.80 Å². The zero-order valence-corrected chi connectivity index (χ0v) is 16.8. The molecular weight excluding hydrogens is 364 g/mol. The van der Waals surface area contributed by atoms with Crippen molar-refractivity contribution >= 4 is 28.3 Å². The second-order valence-electron chi connectivity index (χ2n) is 6.20. The van der Waals surface area contributed by atoms with E-state index in [-0.39, 0.29) is 0 Å². The van der Waals surface area contributed by atoms with Gasteiger partial charge in [-0.25, -0.2) is 0 Å². The van der Waals surface area contributed by atoms with E-state index in [1.807, 2.05) is 12.1 Å². The van der Waals surface area contributed by atoms with Crippen molar-refractivity contribution in [3.63, 3.8) is 0 Å². The summed E-state index contributed by atoms with van der Waals surface area (Å²) in [5.41, 5.74) is 2.53. The zero-order valence-electron chi connectivity index (χ0n) is 15.2. The second-order valence-corrected chi connectivity index (χ2v) is 7.78. The Labute approximate surface area is 165 Å². The first-order valence-corrected chi connectivity index (χ1v) is 9.98. The van der Waals surface area contributed by atoms with Crippen molar-refractivity contribution in [1.29, 1.82) is 0 Å². The molecular formula is C20H24N2O2S2. The highest BCUT2D eigenvalue weighted by Gasteiger charge is 2.21. The van der Waals surface area contributed by atoms with Gasteiger partial charge in [-0.2, -0.15) is 0 Å². The van der Waals surface area contributed by atoms with Crippen molar-refractivity contribution in [3.05, 3.63) is 59.7 Å². The van der Waals surface area contributed by atoms with E-state index in [0.717, 1.165) is 47.9 Å². The van der Waals surface area contributed by atoms with E-state index in [0.29, 0.717) is 0 Å². The summed E-state index contributed by atoms with van der Waals surface area (Å²) in [6, 6.07) is 16.6. The highest BCUT2D eigenvalue weighted by atomic mass is 32.2. The molecule has 0 spiro atoms. The van der Waals surface area contributed by atoms with Crippen LogP contribution in [0, 0.1) is 0 Å². The summed E-state index contributed by atoms with van der Waals surface area (Å²) in [6.07, 6.45) is 0.965. The molecule has 4 nitrogen and oxygen atoms in total. The number of thioether (sulfide) groups is 1. The van der Waals surface area contributed by atoms with E-state index >= 15 is 0 Å². The minimum absolute atomic E-state index is 0.768. The number of hydrogen-bond donors (Lipinski definition) is 0. The molecule has 1 aliphatic rings. The maximum Gasteiger partial charge on any atom is 0.160 e. The van der Waals surface area contributed by atoms with Crippen molar-refractivity contribution in [2.24, 2.45) is 0 Å². The van der Waals surface area contributed by atoms with Crippen molar-refractivity contribution in [2.45, 2.75) is 13.0 Å². The normalized spacial score (nSPS) is 15.2. The highest BCUT2D eigenvalue weighted by molar-refractivity contribution is 8.22. The molecule has 1 aliphatic heterocycles.